The fraction of sp³-hybridized carbons (Fsp3) is 0.300. The molecule has 10 heteroatoms. The number of nitrogens with one attached hydrogen (secondary N) is 1. The molecule has 1 amide bonds. The van der Waals surface area contributed by atoms with E-state index in [1.54, 1.807) is 18.3 Å². The highest BCUT2D eigenvalue weighted by Crippen LogP contribution is 2.32. The molecular formula is C20H21N5O4S. The second-order valence-electron chi connectivity index (χ2n) is 7.19. The van der Waals surface area contributed by atoms with Gasteiger partial charge >= 0.3 is 0 Å². The zero-order valence-electron chi connectivity index (χ0n) is 16.6. The summed E-state index contributed by atoms with van der Waals surface area (Å²) >= 11 is 0. The summed E-state index contributed by atoms with van der Waals surface area (Å²) < 4.78 is 33.1. The number of sulfonamides is 1. The van der Waals surface area contributed by atoms with Gasteiger partial charge in [-0.15, -0.1) is 10.2 Å². The molecule has 0 aliphatic carbocycles. The molecule has 3 heterocycles. The lowest BCUT2D eigenvalue weighted by Gasteiger charge is -2.16. The number of nitrogens with zero attached hydrogens (tertiary/aromatic N) is 4. The molecular weight excluding hydrogens is 406 g/mol. The molecule has 1 atom stereocenters. The summed E-state index contributed by atoms with van der Waals surface area (Å²) in [5.41, 5.74) is 2.16. The van der Waals surface area contributed by atoms with Crippen molar-refractivity contribution in [2.75, 3.05) is 18.4 Å². The van der Waals surface area contributed by atoms with Crippen LogP contribution in [0.4, 0.5) is 5.69 Å². The predicted molar refractivity (Wildman–Crippen MR) is 109 cm³/mol. The van der Waals surface area contributed by atoms with Gasteiger partial charge < -0.3 is 9.73 Å². The van der Waals surface area contributed by atoms with Crippen molar-refractivity contribution in [3.05, 3.63) is 54.2 Å². The van der Waals surface area contributed by atoms with Gasteiger partial charge in [0.15, 0.2) is 0 Å². The fourth-order valence-electron chi connectivity index (χ4n) is 3.32. The van der Waals surface area contributed by atoms with Crippen molar-refractivity contribution in [3.63, 3.8) is 0 Å². The van der Waals surface area contributed by atoms with E-state index in [-0.39, 0.29) is 23.3 Å². The molecule has 1 fully saturated rings. The summed E-state index contributed by atoms with van der Waals surface area (Å²) in [7, 11) is -3.65. The Balaban J connectivity index is 1.47. The largest absolute Gasteiger partial charge is 0.420 e. The quantitative estimate of drug-likeness (QED) is 0.665. The number of amides is 1. The molecule has 0 radical (unpaired) electrons. The number of pyridine rings is 1. The Morgan fingerprint density at radius 2 is 1.93 bits per heavy atom. The molecule has 3 aromatic rings. The lowest BCUT2D eigenvalue weighted by molar-refractivity contribution is -0.114. The number of hydrogen-bond donors (Lipinski definition) is 1. The van der Waals surface area contributed by atoms with Crippen LogP contribution in [0.15, 0.2) is 51.9 Å². The minimum Gasteiger partial charge on any atom is -0.420 e. The molecule has 1 aromatic carbocycles. The van der Waals surface area contributed by atoms with Crippen LogP contribution in [0.1, 0.15) is 30.8 Å². The highest BCUT2D eigenvalue weighted by molar-refractivity contribution is 7.89. The van der Waals surface area contributed by atoms with E-state index < -0.39 is 10.0 Å². The standard InChI is InChI=1S/C20H21N5O4S/c1-13-3-4-15(11-21-13)19-23-24-20(29-19)16-9-10-25(12-16)30(27,28)18-7-5-17(6-8-18)22-14(2)26/h3-8,11,16H,9-10,12H2,1-2H3,(H,22,26)/t16-/m0/s1. The molecule has 0 unspecified atom stereocenters. The Labute approximate surface area is 174 Å². The number of hydrogen-bond acceptors (Lipinski definition) is 7. The Morgan fingerprint density at radius 3 is 2.60 bits per heavy atom. The molecule has 0 saturated carbocycles. The van der Waals surface area contributed by atoms with E-state index in [0.29, 0.717) is 30.4 Å². The Bertz CT molecular complexity index is 1160. The van der Waals surface area contributed by atoms with E-state index in [4.69, 9.17) is 4.42 Å². The van der Waals surface area contributed by atoms with Gasteiger partial charge in [0, 0.05) is 37.6 Å². The molecule has 2 aromatic heterocycles. The number of aryl methyl sites for hydroxylation is 1. The molecule has 0 bridgehead atoms. The van der Waals surface area contributed by atoms with E-state index in [1.165, 1.54) is 23.4 Å². The van der Waals surface area contributed by atoms with Crippen LogP contribution in [0, 0.1) is 6.92 Å². The second kappa shape index (κ2) is 7.96. The van der Waals surface area contributed by atoms with Crippen molar-refractivity contribution >= 4 is 21.6 Å². The van der Waals surface area contributed by atoms with Gasteiger partial charge in [-0.25, -0.2) is 8.42 Å². The normalized spacial score (nSPS) is 17.2. The van der Waals surface area contributed by atoms with Gasteiger partial charge in [-0.2, -0.15) is 4.31 Å². The van der Waals surface area contributed by atoms with Crippen LogP contribution in [0.3, 0.4) is 0 Å². The third kappa shape index (κ3) is 4.10. The molecule has 1 aliphatic rings. The summed E-state index contributed by atoms with van der Waals surface area (Å²) in [6, 6.07) is 9.84. The summed E-state index contributed by atoms with van der Waals surface area (Å²) in [6.45, 7) is 3.92. The first kappa shape index (κ1) is 20.2. The molecule has 1 aliphatic heterocycles. The van der Waals surface area contributed by atoms with Gasteiger partial charge in [0.1, 0.15) is 0 Å². The Morgan fingerprint density at radius 1 is 1.17 bits per heavy atom. The van der Waals surface area contributed by atoms with Crippen LogP contribution < -0.4 is 5.32 Å². The first-order valence-corrected chi connectivity index (χ1v) is 10.9. The van der Waals surface area contributed by atoms with E-state index in [0.717, 1.165) is 11.3 Å². The third-order valence-corrected chi connectivity index (χ3v) is 6.79. The average Bonchev–Trinajstić information content (AvgIpc) is 3.38. The highest BCUT2D eigenvalue weighted by atomic mass is 32.2. The Kier molecular flexibility index (Phi) is 5.35. The minimum absolute atomic E-state index is 0.168. The van der Waals surface area contributed by atoms with Crippen LogP contribution >= 0.6 is 0 Å². The molecule has 9 nitrogen and oxygen atoms in total. The molecule has 4 rings (SSSR count). The van der Waals surface area contributed by atoms with Gasteiger partial charge in [-0.1, -0.05) is 0 Å². The van der Waals surface area contributed by atoms with Crippen molar-refractivity contribution in [1.29, 1.82) is 0 Å². The van der Waals surface area contributed by atoms with E-state index in [1.807, 2.05) is 19.1 Å². The van der Waals surface area contributed by atoms with Crippen molar-refractivity contribution in [1.82, 2.24) is 19.5 Å². The first-order chi connectivity index (χ1) is 14.3. The Hall–Kier alpha value is -3.11. The molecule has 1 N–H and O–H groups in total. The van der Waals surface area contributed by atoms with E-state index in [2.05, 4.69) is 20.5 Å². The predicted octanol–water partition coefficient (Wildman–Crippen LogP) is 2.58. The maximum absolute atomic E-state index is 13.0. The van der Waals surface area contributed by atoms with Crippen molar-refractivity contribution < 1.29 is 17.6 Å². The maximum Gasteiger partial charge on any atom is 0.249 e. The zero-order chi connectivity index (χ0) is 21.3. The molecule has 30 heavy (non-hydrogen) atoms. The smallest absolute Gasteiger partial charge is 0.249 e. The minimum atomic E-state index is -3.65. The lowest BCUT2D eigenvalue weighted by Crippen LogP contribution is -2.28. The van der Waals surface area contributed by atoms with Gasteiger partial charge in [0.2, 0.25) is 27.7 Å². The van der Waals surface area contributed by atoms with Gasteiger partial charge in [0.25, 0.3) is 0 Å². The van der Waals surface area contributed by atoms with E-state index in [9.17, 15) is 13.2 Å². The highest BCUT2D eigenvalue weighted by Gasteiger charge is 2.35. The summed E-state index contributed by atoms with van der Waals surface area (Å²) in [5, 5.41) is 10.8. The summed E-state index contributed by atoms with van der Waals surface area (Å²) in [4.78, 5) is 15.5. The van der Waals surface area contributed by atoms with Crippen molar-refractivity contribution in [3.8, 4) is 11.5 Å². The van der Waals surface area contributed by atoms with Crippen molar-refractivity contribution in [2.24, 2.45) is 0 Å². The molecule has 1 saturated heterocycles. The number of anilines is 1. The van der Waals surface area contributed by atoms with Crippen LogP contribution in [0.5, 0.6) is 0 Å². The SMILES string of the molecule is CC(=O)Nc1ccc(S(=O)(=O)N2CC[C@H](c3nnc(-c4ccc(C)nc4)o3)C2)cc1. The lowest BCUT2D eigenvalue weighted by atomic mass is 10.1. The molecule has 156 valence electrons. The monoisotopic (exact) mass is 427 g/mol. The van der Waals surface area contributed by atoms with Crippen molar-refractivity contribution in [2.45, 2.75) is 31.1 Å². The first-order valence-electron chi connectivity index (χ1n) is 9.47. The zero-order valence-corrected chi connectivity index (χ0v) is 17.4. The van der Waals surface area contributed by atoms with Gasteiger partial charge in [-0.05, 0) is 49.7 Å². The van der Waals surface area contributed by atoms with Gasteiger partial charge in [-0.3, -0.25) is 9.78 Å². The van der Waals surface area contributed by atoms with Crippen LogP contribution in [-0.2, 0) is 14.8 Å². The summed E-state index contributed by atoms with van der Waals surface area (Å²) in [6.07, 6.45) is 2.26. The van der Waals surface area contributed by atoms with Gasteiger partial charge in [0.05, 0.1) is 16.4 Å². The number of carbonyl (C=O) groups is 1. The summed E-state index contributed by atoms with van der Waals surface area (Å²) in [5.74, 6) is 0.406. The average molecular weight is 427 g/mol. The molecule has 0 spiro atoms. The van der Waals surface area contributed by atoms with Crippen LogP contribution in [0.2, 0.25) is 0 Å². The second-order valence-corrected chi connectivity index (χ2v) is 9.13. The number of carbonyl (C=O) groups excluding carboxylic acids is 1. The number of rotatable bonds is 5. The maximum atomic E-state index is 13.0. The third-order valence-electron chi connectivity index (χ3n) is 4.91. The van der Waals surface area contributed by atoms with Crippen LogP contribution in [-0.4, -0.2) is 46.9 Å². The van der Waals surface area contributed by atoms with E-state index >= 15 is 0 Å². The number of benzene rings is 1. The van der Waals surface area contributed by atoms with Crippen LogP contribution in [0.25, 0.3) is 11.5 Å². The fourth-order valence-corrected chi connectivity index (χ4v) is 4.82. The number of aromatic nitrogens is 3. The topological polar surface area (TPSA) is 118 Å².